The Kier molecular flexibility index (Phi) is 8.19. The van der Waals surface area contributed by atoms with Crippen molar-refractivity contribution in [1.82, 2.24) is 10.2 Å². The van der Waals surface area contributed by atoms with Crippen molar-refractivity contribution in [2.24, 2.45) is 0 Å². The van der Waals surface area contributed by atoms with E-state index < -0.39 is 15.6 Å². The van der Waals surface area contributed by atoms with Gasteiger partial charge in [0.15, 0.2) is 0 Å². The molecule has 0 unspecified atom stereocenters. The molecule has 0 radical (unpaired) electrons. The van der Waals surface area contributed by atoms with Crippen molar-refractivity contribution < 1.29 is 22.7 Å². The van der Waals surface area contributed by atoms with Crippen molar-refractivity contribution in [3.63, 3.8) is 0 Å². The van der Waals surface area contributed by atoms with Gasteiger partial charge < -0.3 is 15.0 Å². The number of hydrogen-bond acceptors (Lipinski definition) is 5. The molecule has 9 heteroatoms. The van der Waals surface area contributed by atoms with Crippen LogP contribution < -0.4 is 14.8 Å². The Labute approximate surface area is 201 Å². The molecule has 1 aliphatic rings. The Morgan fingerprint density at radius 3 is 2.18 bits per heavy atom. The molecule has 0 spiro atoms. The Hall–Kier alpha value is -3.07. The first-order valence-corrected chi connectivity index (χ1v) is 13.1. The molecule has 0 atom stereocenters. The fraction of sp³-hybridized carbons (Fsp3) is 0.440. The third-order valence-corrected chi connectivity index (χ3v) is 7.68. The van der Waals surface area contributed by atoms with Crippen LogP contribution in [0, 0.1) is 0 Å². The number of carbonyl (C=O) groups excluding carboxylic acids is 2. The Morgan fingerprint density at radius 2 is 1.59 bits per heavy atom. The van der Waals surface area contributed by atoms with E-state index in [9.17, 15) is 18.0 Å². The highest BCUT2D eigenvalue weighted by molar-refractivity contribution is 7.92. The lowest BCUT2D eigenvalue weighted by molar-refractivity contribution is -0.139. The van der Waals surface area contributed by atoms with E-state index in [-0.39, 0.29) is 16.7 Å². The van der Waals surface area contributed by atoms with Gasteiger partial charge in [0.2, 0.25) is 5.91 Å². The van der Waals surface area contributed by atoms with E-state index in [0.29, 0.717) is 42.9 Å². The first-order valence-electron chi connectivity index (χ1n) is 11.6. The van der Waals surface area contributed by atoms with Gasteiger partial charge in [-0.15, -0.1) is 0 Å². The molecule has 0 saturated heterocycles. The number of nitrogens with one attached hydrogen (secondary N) is 2. The maximum atomic E-state index is 13.3. The number of sulfonamides is 1. The summed E-state index contributed by atoms with van der Waals surface area (Å²) in [7, 11) is -2.42. The van der Waals surface area contributed by atoms with Crippen LogP contribution in [0.4, 0.5) is 5.69 Å². The van der Waals surface area contributed by atoms with Crippen LogP contribution in [0.5, 0.6) is 5.75 Å². The molecule has 2 N–H and O–H groups in total. The van der Waals surface area contributed by atoms with Gasteiger partial charge in [0.05, 0.1) is 17.7 Å². The molecule has 2 amide bonds. The van der Waals surface area contributed by atoms with Crippen molar-refractivity contribution in [2.45, 2.75) is 56.4 Å². The number of rotatable bonds is 9. The molecule has 8 nitrogen and oxygen atoms in total. The minimum Gasteiger partial charge on any atom is -0.495 e. The van der Waals surface area contributed by atoms with Crippen molar-refractivity contribution in [1.29, 1.82) is 0 Å². The molecule has 0 aromatic heterocycles. The predicted octanol–water partition coefficient (Wildman–Crippen LogP) is 3.80. The molecule has 0 heterocycles. The zero-order valence-electron chi connectivity index (χ0n) is 20.0. The number of amides is 2. The number of anilines is 1. The molecule has 2 aromatic carbocycles. The summed E-state index contributed by atoms with van der Waals surface area (Å²) in [4.78, 5) is 28.1. The van der Waals surface area contributed by atoms with Gasteiger partial charge in [-0.1, -0.05) is 31.4 Å². The molecular weight excluding hydrogens is 454 g/mol. The van der Waals surface area contributed by atoms with Gasteiger partial charge in [-0.3, -0.25) is 14.3 Å². The number of hydrogen-bond donors (Lipinski definition) is 2. The van der Waals surface area contributed by atoms with E-state index in [0.717, 1.165) is 19.3 Å². The smallest absolute Gasteiger partial charge is 0.262 e. The molecule has 0 aliphatic heterocycles. The third kappa shape index (κ3) is 5.52. The average molecular weight is 488 g/mol. The second-order valence-electron chi connectivity index (χ2n) is 8.40. The lowest BCUT2D eigenvalue weighted by Crippen LogP contribution is -2.60. The van der Waals surface area contributed by atoms with Crippen LogP contribution in [-0.4, -0.2) is 50.9 Å². The predicted molar refractivity (Wildman–Crippen MR) is 131 cm³/mol. The van der Waals surface area contributed by atoms with Crippen molar-refractivity contribution >= 4 is 27.5 Å². The Balaban J connectivity index is 1.79. The highest BCUT2D eigenvalue weighted by Crippen LogP contribution is 2.31. The summed E-state index contributed by atoms with van der Waals surface area (Å²) in [6.45, 7) is 5.02. The van der Waals surface area contributed by atoms with Crippen molar-refractivity contribution in [2.75, 3.05) is 24.9 Å². The summed E-state index contributed by atoms with van der Waals surface area (Å²) >= 11 is 0. The topological polar surface area (TPSA) is 105 Å². The van der Waals surface area contributed by atoms with Crippen LogP contribution in [-0.2, 0) is 14.8 Å². The quantitative estimate of drug-likeness (QED) is 0.560. The standard InChI is InChI=1S/C25H33N3O5S/c1-4-28(5-2)24(30)25(17-9-6-10-18-25)26-23(29)19-13-15-20(16-14-19)34(31,32)27-21-11-7-8-12-22(21)33-3/h7-8,11-16,27H,4-6,9-10,17-18H2,1-3H3,(H,26,29). The first-order chi connectivity index (χ1) is 16.3. The fourth-order valence-electron chi connectivity index (χ4n) is 4.37. The van der Waals surface area contributed by atoms with E-state index >= 15 is 0 Å². The first kappa shape index (κ1) is 25.6. The maximum absolute atomic E-state index is 13.3. The molecular formula is C25H33N3O5S. The van der Waals surface area contributed by atoms with E-state index in [1.54, 1.807) is 29.2 Å². The largest absolute Gasteiger partial charge is 0.495 e. The summed E-state index contributed by atoms with van der Waals surface area (Å²) in [5.74, 6) is -0.0347. The summed E-state index contributed by atoms with van der Waals surface area (Å²) in [6.07, 6.45) is 3.99. The molecule has 34 heavy (non-hydrogen) atoms. The lowest BCUT2D eigenvalue weighted by Gasteiger charge is -2.40. The third-order valence-electron chi connectivity index (χ3n) is 6.30. The highest BCUT2D eigenvalue weighted by atomic mass is 32.2. The fourth-order valence-corrected chi connectivity index (χ4v) is 5.44. The van der Waals surface area contributed by atoms with Gasteiger partial charge in [0.25, 0.3) is 15.9 Å². The minimum atomic E-state index is -3.88. The van der Waals surface area contributed by atoms with Crippen LogP contribution in [0.3, 0.4) is 0 Å². The monoisotopic (exact) mass is 487 g/mol. The number of methoxy groups -OCH3 is 1. The molecule has 1 saturated carbocycles. The molecule has 0 bridgehead atoms. The van der Waals surface area contributed by atoms with Crippen LogP contribution >= 0.6 is 0 Å². The van der Waals surface area contributed by atoms with Gasteiger partial charge in [-0.2, -0.15) is 0 Å². The number of benzene rings is 2. The van der Waals surface area contributed by atoms with Crippen LogP contribution in [0.1, 0.15) is 56.3 Å². The zero-order valence-corrected chi connectivity index (χ0v) is 20.8. The lowest BCUT2D eigenvalue weighted by atomic mass is 9.80. The second kappa shape index (κ2) is 10.9. The van der Waals surface area contributed by atoms with Crippen molar-refractivity contribution in [3.05, 3.63) is 54.1 Å². The summed E-state index contributed by atoms with van der Waals surface area (Å²) in [6, 6.07) is 12.4. The maximum Gasteiger partial charge on any atom is 0.262 e. The van der Waals surface area contributed by atoms with Gasteiger partial charge >= 0.3 is 0 Å². The number of likely N-dealkylation sites (N-methyl/N-ethyl adjacent to an activating group) is 1. The number of nitrogens with zero attached hydrogens (tertiary/aromatic N) is 1. The molecule has 1 fully saturated rings. The Morgan fingerprint density at radius 1 is 0.971 bits per heavy atom. The van der Waals surface area contributed by atoms with E-state index in [4.69, 9.17) is 4.74 Å². The number of carbonyl (C=O) groups is 2. The summed E-state index contributed by atoms with van der Waals surface area (Å²) in [5.41, 5.74) is -0.299. The van der Waals surface area contributed by atoms with Gasteiger partial charge in [0.1, 0.15) is 11.3 Å². The normalized spacial score (nSPS) is 15.3. The van der Waals surface area contributed by atoms with Gasteiger partial charge in [-0.05, 0) is 63.1 Å². The molecule has 184 valence electrons. The van der Waals surface area contributed by atoms with Crippen LogP contribution in [0.25, 0.3) is 0 Å². The van der Waals surface area contributed by atoms with E-state index in [2.05, 4.69) is 10.0 Å². The van der Waals surface area contributed by atoms with E-state index in [1.807, 2.05) is 13.8 Å². The van der Waals surface area contributed by atoms with Crippen LogP contribution in [0.2, 0.25) is 0 Å². The Bertz CT molecular complexity index is 1110. The van der Waals surface area contributed by atoms with Crippen LogP contribution in [0.15, 0.2) is 53.4 Å². The average Bonchev–Trinajstić information content (AvgIpc) is 2.85. The number of para-hydroxylation sites is 2. The highest BCUT2D eigenvalue weighted by Gasteiger charge is 2.42. The van der Waals surface area contributed by atoms with Gasteiger partial charge in [0, 0.05) is 18.7 Å². The summed E-state index contributed by atoms with van der Waals surface area (Å²) < 4.78 is 33.4. The molecule has 2 aromatic rings. The minimum absolute atomic E-state index is 0.0153. The SMILES string of the molecule is CCN(CC)C(=O)C1(NC(=O)c2ccc(S(=O)(=O)Nc3ccccc3OC)cc2)CCCCC1. The van der Waals surface area contributed by atoms with Gasteiger partial charge in [-0.25, -0.2) is 8.42 Å². The zero-order chi connectivity index (χ0) is 24.8. The van der Waals surface area contributed by atoms with Crippen molar-refractivity contribution in [3.8, 4) is 5.75 Å². The second-order valence-corrected chi connectivity index (χ2v) is 10.1. The van der Waals surface area contributed by atoms with E-state index in [1.165, 1.54) is 31.4 Å². The number of ether oxygens (including phenoxy) is 1. The molecule has 3 rings (SSSR count). The molecule has 1 aliphatic carbocycles. The summed E-state index contributed by atoms with van der Waals surface area (Å²) in [5, 5.41) is 3.00.